The first kappa shape index (κ1) is 15.9. The van der Waals surface area contributed by atoms with Crippen molar-refractivity contribution in [3.8, 4) is 6.07 Å². The third-order valence-electron chi connectivity index (χ3n) is 4.16. The normalized spacial score (nSPS) is 16.0. The van der Waals surface area contributed by atoms with Crippen LogP contribution in [0.3, 0.4) is 0 Å². The molecule has 24 heavy (non-hydrogen) atoms. The highest BCUT2D eigenvalue weighted by Gasteiger charge is 2.18. The summed E-state index contributed by atoms with van der Waals surface area (Å²) in [6.07, 6.45) is 3.60. The molecule has 0 amide bonds. The van der Waals surface area contributed by atoms with E-state index in [1.807, 2.05) is 6.07 Å². The average molecular weight is 327 g/mol. The van der Waals surface area contributed by atoms with Gasteiger partial charge in [0.05, 0.1) is 5.69 Å². The van der Waals surface area contributed by atoms with Gasteiger partial charge in [0.1, 0.15) is 17.5 Å². The van der Waals surface area contributed by atoms with Crippen molar-refractivity contribution in [1.29, 1.82) is 5.26 Å². The molecule has 0 atom stereocenters. The number of allylic oxidation sites excluding steroid dienone is 1. The Bertz CT molecular complexity index is 755. The molecule has 1 saturated heterocycles. The Balaban J connectivity index is 1.72. The van der Waals surface area contributed by atoms with Crippen molar-refractivity contribution in [2.45, 2.75) is 19.8 Å². The zero-order valence-corrected chi connectivity index (χ0v) is 13.3. The number of halogens is 1. The molecule has 0 radical (unpaired) electrons. The van der Waals surface area contributed by atoms with Crippen LogP contribution in [0.15, 0.2) is 24.4 Å². The van der Waals surface area contributed by atoms with Crippen LogP contribution < -0.4 is 10.2 Å². The molecule has 2 heterocycles. The van der Waals surface area contributed by atoms with Gasteiger partial charge in [0.2, 0.25) is 5.82 Å². The Morgan fingerprint density at radius 1 is 1.46 bits per heavy atom. The molecule has 1 fully saturated rings. The minimum atomic E-state index is -0.277. The molecule has 0 spiro atoms. The minimum absolute atomic E-state index is 0.185. The molecule has 1 aliphatic heterocycles. The van der Waals surface area contributed by atoms with Gasteiger partial charge < -0.3 is 10.2 Å². The van der Waals surface area contributed by atoms with Gasteiger partial charge in [-0.25, -0.2) is 4.39 Å². The first-order valence-electron chi connectivity index (χ1n) is 7.82. The van der Waals surface area contributed by atoms with Gasteiger partial charge in [0.15, 0.2) is 0 Å². The summed E-state index contributed by atoms with van der Waals surface area (Å²) in [4.78, 5) is 2.08. The number of tetrazole rings is 1. The van der Waals surface area contributed by atoms with Crippen LogP contribution in [-0.4, -0.2) is 33.7 Å². The van der Waals surface area contributed by atoms with Crippen molar-refractivity contribution in [1.82, 2.24) is 20.6 Å². The van der Waals surface area contributed by atoms with Crippen LogP contribution in [0, 0.1) is 23.1 Å². The Hall–Kier alpha value is -2.95. The summed E-state index contributed by atoms with van der Waals surface area (Å²) in [5.41, 5.74) is 1.38. The van der Waals surface area contributed by atoms with E-state index in [2.05, 4.69) is 37.8 Å². The van der Waals surface area contributed by atoms with Gasteiger partial charge in [0.25, 0.3) is 0 Å². The molecule has 7 nitrogen and oxygen atoms in total. The second-order valence-corrected chi connectivity index (χ2v) is 5.89. The van der Waals surface area contributed by atoms with Crippen molar-refractivity contribution >= 4 is 16.9 Å². The highest BCUT2D eigenvalue weighted by atomic mass is 19.1. The molecule has 1 aliphatic rings. The van der Waals surface area contributed by atoms with Crippen molar-refractivity contribution in [3.05, 3.63) is 36.0 Å². The van der Waals surface area contributed by atoms with Crippen molar-refractivity contribution < 1.29 is 4.39 Å². The van der Waals surface area contributed by atoms with E-state index in [1.54, 1.807) is 12.1 Å². The lowest BCUT2D eigenvalue weighted by Gasteiger charge is -2.32. The summed E-state index contributed by atoms with van der Waals surface area (Å²) in [7, 11) is 0. The van der Waals surface area contributed by atoms with E-state index >= 15 is 0 Å². The van der Waals surface area contributed by atoms with Gasteiger partial charge in [-0.05, 0) is 42.2 Å². The molecule has 0 bridgehead atoms. The van der Waals surface area contributed by atoms with E-state index in [-0.39, 0.29) is 17.2 Å². The fourth-order valence-corrected chi connectivity index (χ4v) is 2.68. The predicted octanol–water partition coefficient (Wildman–Crippen LogP) is 2.55. The standard InChI is InChI=1S/C16H18FN7/c1-11-4-6-24(7-5-11)15-3-2-13(8-14(15)17)19-10-12(9-18)16-20-22-23-21-16/h2-3,8,10-11,19H,4-7H2,1H3,(H,20,21,22,23). The lowest BCUT2D eigenvalue weighted by molar-refractivity contribution is 0.434. The maximum atomic E-state index is 14.4. The number of aromatic nitrogens is 4. The summed E-state index contributed by atoms with van der Waals surface area (Å²) in [6.45, 7) is 3.98. The Labute approximate surface area is 139 Å². The van der Waals surface area contributed by atoms with Crippen LogP contribution in [0.1, 0.15) is 25.6 Å². The predicted molar refractivity (Wildman–Crippen MR) is 88.4 cm³/mol. The molecule has 0 unspecified atom stereocenters. The highest BCUT2D eigenvalue weighted by Crippen LogP contribution is 2.27. The van der Waals surface area contributed by atoms with Crippen molar-refractivity contribution in [2.24, 2.45) is 5.92 Å². The van der Waals surface area contributed by atoms with Crippen LogP contribution in [0.4, 0.5) is 15.8 Å². The maximum absolute atomic E-state index is 14.4. The fraction of sp³-hybridized carbons (Fsp3) is 0.375. The van der Waals surface area contributed by atoms with Gasteiger partial charge in [-0.2, -0.15) is 10.5 Å². The fourth-order valence-electron chi connectivity index (χ4n) is 2.68. The van der Waals surface area contributed by atoms with E-state index in [9.17, 15) is 4.39 Å². The van der Waals surface area contributed by atoms with E-state index in [4.69, 9.17) is 5.26 Å². The number of nitrogens with one attached hydrogen (secondary N) is 2. The lowest BCUT2D eigenvalue weighted by Crippen LogP contribution is -2.33. The quantitative estimate of drug-likeness (QED) is 0.838. The Morgan fingerprint density at radius 3 is 2.88 bits per heavy atom. The molecular formula is C16H18FN7. The Kier molecular flexibility index (Phi) is 4.70. The van der Waals surface area contributed by atoms with E-state index < -0.39 is 0 Å². The molecule has 0 saturated carbocycles. The van der Waals surface area contributed by atoms with Gasteiger partial charge in [-0.15, -0.1) is 10.2 Å². The summed E-state index contributed by atoms with van der Waals surface area (Å²) < 4.78 is 14.4. The van der Waals surface area contributed by atoms with Gasteiger partial charge >= 0.3 is 0 Å². The number of nitrogens with zero attached hydrogens (tertiary/aromatic N) is 5. The van der Waals surface area contributed by atoms with Crippen molar-refractivity contribution in [2.75, 3.05) is 23.3 Å². The van der Waals surface area contributed by atoms with E-state index in [1.165, 1.54) is 12.3 Å². The largest absolute Gasteiger partial charge is 0.369 e. The zero-order chi connectivity index (χ0) is 16.9. The average Bonchev–Trinajstić information content (AvgIpc) is 3.11. The van der Waals surface area contributed by atoms with Crippen LogP contribution in [0.2, 0.25) is 0 Å². The van der Waals surface area contributed by atoms with Crippen LogP contribution in [-0.2, 0) is 0 Å². The number of hydrogen-bond donors (Lipinski definition) is 2. The SMILES string of the molecule is CC1CCN(c2ccc(NC=C(C#N)c3nn[nH]n3)cc2F)CC1. The second-order valence-electron chi connectivity index (χ2n) is 5.89. The minimum Gasteiger partial charge on any atom is -0.369 e. The summed E-state index contributed by atoms with van der Waals surface area (Å²) in [5, 5.41) is 25.2. The second kappa shape index (κ2) is 7.08. The van der Waals surface area contributed by atoms with Crippen LogP contribution in [0.5, 0.6) is 0 Å². The number of piperidine rings is 1. The number of benzene rings is 1. The first-order valence-corrected chi connectivity index (χ1v) is 7.82. The zero-order valence-electron chi connectivity index (χ0n) is 13.3. The molecule has 2 aromatic rings. The van der Waals surface area contributed by atoms with E-state index in [0.29, 0.717) is 17.3 Å². The number of H-pyrrole nitrogens is 1. The lowest BCUT2D eigenvalue weighted by atomic mass is 9.99. The molecule has 1 aromatic heterocycles. The molecule has 3 rings (SSSR count). The Morgan fingerprint density at radius 2 is 2.25 bits per heavy atom. The van der Waals surface area contributed by atoms with Gasteiger partial charge in [-0.3, -0.25) is 0 Å². The third kappa shape index (κ3) is 3.51. The van der Waals surface area contributed by atoms with Gasteiger partial charge in [-0.1, -0.05) is 6.92 Å². The topological polar surface area (TPSA) is 93.5 Å². The number of anilines is 2. The number of hydrogen-bond acceptors (Lipinski definition) is 6. The summed E-state index contributed by atoms with van der Waals surface area (Å²) >= 11 is 0. The molecule has 8 heteroatoms. The molecular weight excluding hydrogens is 309 g/mol. The van der Waals surface area contributed by atoms with Gasteiger partial charge in [0, 0.05) is 25.0 Å². The van der Waals surface area contributed by atoms with Crippen LogP contribution in [0.25, 0.3) is 5.57 Å². The molecule has 1 aromatic carbocycles. The molecule has 0 aliphatic carbocycles. The van der Waals surface area contributed by atoms with Crippen LogP contribution >= 0.6 is 0 Å². The summed E-state index contributed by atoms with van der Waals surface area (Å²) in [5.74, 6) is 0.607. The first-order chi connectivity index (χ1) is 11.7. The highest BCUT2D eigenvalue weighted by molar-refractivity contribution is 5.74. The van der Waals surface area contributed by atoms with E-state index in [0.717, 1.165) is 25.9 Å². The number of aromatic amines is 1. The third-order valence-corrected chi connectivity index (χ3v) is 4.16. The summed E-state index contributed by atoms with van der Waals surface area (Å²) in [6, 6.07) is 6.95. The monoisotopic (exact) mass is 327 g/mol. The number of nitriles is 1. The molecule has 2 N–H and O–H groups in total. The smallest absolute Gasteiger partial charge is 0.216 e. The maximum Gasteiger partial charge on any atom is 0.216 e. The van der Waals surface area contributed by atoms with Crippen molar-refractivity contribution in [3.63, 3.8) is 0 Å². The molecule has 124 valence electrons. The number of rotatable bonds is 4.